The van der Waals surface area contributed by atoms with Gasteiger partial charge in [-0.25, -0.2) is 0 Å². The van der Waals surface area contributed by atoms with Crippen molar-refractivity contribution in [1.29, 1.82) is 0 Å². The summed E-state index contributed by atoms with van der Waals surface area (Å²) in [5.41, 5.74) is 6.44. The predicted molar refractivity (Wildman–Crippen MR) is 100 cm³/mol. The normalized spacial score (nSPS) is 37.1. The Bertz CT molecular complexity index is 591. The largest absolute Gasteiger partial charge is 0.393 e. The van der Waals surface area contributed by atoms with Gasteiger partial charge in [0, 0.05) is 5.41 Å². The van der Waals surface area contributed by atoms with Gasteiger partial charge in [0.1, 0.15) is 0 Å². The van der Waals surface area contributed by atoms with Gasteiger partial charge in [0.05, 0.1) is 18.7 Å². The summed E-state index contributed by atoms with van der Waals surface area (Å²) in [6.45, 7) is 2.88. The van der Waals surface area contributed by atoms with Crippen LogP contribution in [0.5, 0.6) is 0 Å². The van der Waals surface area contributed by atoms with Crippen molar-refractivity contribution in [3.05, 3.63) is 34.4 Å². The molecule has 0 spiro atoms. The van der Waals surface area contributed by atoms with E-state index >= 15 is 0 Å². The Kier molecular flexibility index (Phi) is 4.30. The van der Waals surface area contributed by atoms with Gasteiger partial charge in [-0.2, -0.15) is 0 Å². The molecule has 1 saturated carbocycles. The third kappa shape index (κ3) is 2.39. The summed E-state index contributed by atoms with van der Waals surface area (Å²) in [4.78, 5) is 0. The Morgan fingerprint density at radius 1 is 1.23 bits per heavy atom. The smallest absolute Gasteiger partial charge is 0.0797 e. The summed E-state index contributed by atoms with van der Waals surface area (Å²) in [5.74, 6) is 0.571. The molecule has 0 saturated heterocycles. The van der Waals surface area contributed by atoms with E-state index < -0.39 is 0 Å². The van der Waals surface area contributed by atoms with Crippen LogP contribution in [0.15, 0.2) is 12.1 Å². The molecule has 120 valence electrons. The lowest BCUT2D eigenvalue weighted by atomic mass is 9.64. The molecule has 4 rings (SSSR count). The van der Waals surface area contributed by atoms with E-state index in [0.717, 1.165) is 32.1 Å². The summed E-state index contributed by atoms with van der Waals surface area (Å²) in [7, 11) is 0. The first kappa shape index (κ1) is 15.8. The highest BCUT2D eigenvalue weighted by Gasteiger charge is 2.49. The maximum Gasteiger partial charge on any atom is 0.0797 e. The van der Waals surface area contributed by atoms with Crippen LogP contribution in [0.1, 0.15) is 60.8 Å². The van der Waals surface area contributed by atoms with E-state index in [4.69, 9.17) is 4.52 Å². The van der Waals surface area contributed by atoms with Crippen LogP contribution in [-0.4, -0.2) is 17.3 Å². The van der Waals surface area contributed by atoms with Crippen LogP contribution in [-0.2, 0) is 23.8 Å². The van der Waals surface area contributed by atoms with Crippen molar-refractivity contribution in [2.45, 2.75) is 70.0 Å². The third-order valence-corrected chi connectivity index (χ3v) is 7.70. The van der Waals surface area contributed by atoms with E-state index in [1.165, 1.54) is 18.4 Å². The molecule has 1 aromatic carbocycles. The van der Waals surface area contributed by atoms with Gasteiger partial charge in [-0.1, -0.05) is 19.1 Å². The summed E-state index contributed by atoms with van der Waals surface area (Å²) < 4.78 is 5.86. The molecule has 5 atom stereocenters. The van der Waals surface area contributed by atoms with E-state index in [1.54, 1.807) is 16.7 Å². The molecule has 4 heteroatoms. The van der Waals surface area contributed by atoms with Gasteiger partial charge in [0.15, 0.2) is 0 Å². The minimum atomic E-state index is -0.107. The number of rotatable bonds is 2. The number of benzene rings is 1. The van der Waals surface area contributed by atoms with Gasteiger partial charge in [-0.3, -0.25) is 0 Å². The van der Waals surface area contributed by atoms with Crippen molar-refractivity contribution < 1.29 is 9.63 Å². The second-order valence-corrected chi connectivity index (χ2v) is 9.19. The minimum Gasteiger partial charge on any atom is -0.393 e. The molecule has 3 unspecified atom stereocenters. The lowest BCUT2D eigenvalue weighted by Gasteiger charge is -2.41. The molecule has 3 aliphatic rings. The van der Waals surface area contributed by atoms with Crippen LogP contribution < -0.4 is 0 Å². The first-order valence-electron chi connectivity index (χ1n) is 8.46. The molecule has 22 heavy (non-hydrogen) atoms. The lowest BCUT2D eigenvalue weighted by Crippen LogP contribution is -2.36. The van der Waals surface area contributed by atoms with Crippen molar-refractivity contribution >= 4 is 28.5 Å². The summed E-state index contributed by atoms with van der Waals surface area (Å²) in [6.07, 6.45) is 8.19. The fourth-order valence-electron chi connectivity index (χ4n) is 5.16. The molecule has 0 radical (unpaired) electrons. The second-order valence-electron chi connectivity index (χ2n) is 7.48. The van der Waals surface area contributed by atoms with Gasteiger partial charge in [0.2, 0.25) is 0 Å². The van der Waals surface area contributed by atoms with Crippen molar-refractivity contribution in [1.82, 2.24) is 0 Å². The number of aliphatic hydroxyl groups is 1. The van der Waals surface area contributed by atoms with Gasteiger partial charge in [0.25, 0.3) is 0 Å². The van der Waals surface area contributed by atoms with Gasteiger partial charge < -0.3 is 9.63 Å². The Balaban J connectivity index is 1.69. The molecular weight excluding hydrogens is 406 g/mol. The molecular formula is C18H24IO2P. The van der Waals surface area contributed by atoms with E-state index in [1.807, 2.05) is 0 Å². The van der Waals surface area contributed by atoms with Crippen LogP contribution in [0.4, 0.5) is 0 Å². The van der Waals surface area contributed by atoms with E-state index in [2.05, 4.69) is 41.1 Å². The Labute approximate surface area is 147 Å². The van der Waals surface area contributed by atoms with Crippen LogP contribution in [0.3, 0.4) is 0 Å². The molecule has 0 heterocycles. The SMILES string of the molecule is CC12CCc3c(ccc4c3CC[C@H](OPI)C4)C1CC[C@@H]2O. The standard InChI is InChI=1S/C18H24IO2P/c1-18-9-8-14-13-5-3-12(21-22-19)10-11(13)2-4-15(14)16(18)6-7-17(18)20/h2,4,12,16-17,20,22H,3,5-10H2,1H3/t12-,16?,17-,18?/m0/s1. The van der Waals surface area contributed by atoms with E-state index in [0.29, 0.717) is 18.5 Å². The molecule has 0 aliphatic heterocycles. The molecule has 2 nitrogen and oxygen atoms in total. The number of aliphatic hydroxyl groups excluding tert-OH is 1. The van der Waals surface area contributed by atoms with Crippen molar-refractivity contribution in [2.75, 3.05) is 0 Å². The van der Waals surface area contributed by atoms with E-state index in [-0.39, 0.29) is 11.5 Å². The maximum absolute atomic E-state index is 10.4. The molecule has 1 aromatic rings. The maximum atomic E-state index is 10.4. The Hall–Kier alpha value is 0.300. The van der Waals surface area contributed by atoms with Gasteiger partial charge >= 0.3 is 0 Å². The molecule has 3 aliphatic carbocycles. The zero-order valence-electron chi connectivity index (χ0n) is 13.1. The molecule has 1 N–H and O–H groups in total. The minimum absolute atomic E-state index is 0.107. The Morgan fingerprint density at radius 3 is 2.91 bits per heavy atom. The van der Waals surface area contributed by atoms with Crippen molar-refractivity contribution in [3.8, 4) is 0 Å². The highest BCUT2D eigenvalue weighted by atomic mass is 127. The molecule has 0 bridgehead atoms. The first-order valence-corrected chi connectivity index (χ1v) is 12.5. The average Bonchev–Trinajstić information content (AvgIpc) is 2.83. The van der Waals surface area contributed by atoms with Crippen molar-refractivity contribution in [3.63, 3.8) is 0 Å². The zero-order valence-corrected chi connectivity index (χ0v) is 16.2. The fraction of sp³-hybridized carbons (Fsp3) is 0.667. The summed E-state index contributed by atoms with van der Waals surface area (Å²) >= 11 is 2.33. The topological polar surface area (TPSA) is 29.5 Å². The van der Waals surface area contributed by atoms with Crippen molar-refractivity contribution in [2.24, 2.45) is 5.41 Å². The third-order valence-electron chi connectivity index (χ3n) is 6.51. The van der Waals surface area contributed by atoms with E-state index in [9.17, 15) is 5.11 Å². The predicted octanol–water partition coefficient (Wildman–Crippen LogP) is 4.69. The average molecular weight is 430 g/mol. The monoisotopic (exact) mass is 430 g/mol. The number of halogens is 1. The molecule has 0 aromatic heterocycles. The molecule has 1 fully saturated rings. The Morgan fingerprint density at radius 2 is 2.09 bits per heavy atom. The zero-order chi connectivity index (χ0) is 15.3. The van der Waals surface area contributed by atoms with Crippen LogP contribution in [0.25, 0.3) is 0 Å². The van der Waals surface area contributed by atoms with Gasteiger partial charge in [-0.05, 0) is 95.2 Å². The fourth-order valence-corrected chi connectivity index (χ4v) is 6.57. The van der Waals surface area contributed by atoms with Crippen LogP contribution in [0.2, 0.25) is 0 Å². The summed E-state index contributed by atoms with van der Waals surface area (Å²) in [6, 6.07) is 4.74. The number of hydrogen-bond donors (Lipinski definition) is 1. The van der Waals surface area contributed by atoms with Gasteiger partial charge in [-0.15, -0.1) is 0 Å². The van der Waals surface area contributed by atoms with Crippen LogP contribution in [0, 0.1) is 5.41 Å². The quantitative estimate of drug-likeness (QED) is 0.545. The number of hydrogen-bond acceptors (Lipinski definition) is 2. The first-order chi connectivity index (χ1) is 10.6. The lowest BCUT2D eigenvalue weighted by molar-refractivity contribution is 0.0455. The summed E-state index contributed by atoms with van der Waals surface area (Å²) in [5, 5.41) is 10.4. The highest BCUT2D eigenvalue weighted by Crippen LogP contribution is 2.56. The highest BCUT2D eigenvalue weighted by molar-refractivity contribution is 14.2. The number of fused-ring (bicyclic) bond motifs is 5. The van der Waals surface area contributed by atoms with Crippen LogP contribution >= 0.6 is 28.5 Å². The second kappa shape index (κ2) is 5.98. The molecule has 0 amide bonds.